The Kier molecular flexibility index (Phi) is 3.53. The van der Waals surface area contributed by atoms with Gasteiger partial charge in [0.15, 0.2) is 0 Å². The third-order valence-electron chi connectivity index (χ3n) is 2.24. The van der Waals surface area contributed by atoms with Crippen molar-refractivity contribution in [3.63, 3.8) is 0 Å². The number of benzene rings is 1. The first-order valence-corrected chi connectivity index (χ1v) is 5.50. The molecule has 0 aliphatic heterocycles. The van der Waals surface area contributed by atoms with Gasteiger partial charge in [-0.05, 0) is 30.3 Å². The lowest BCUT2D eigenvalue weighted by atomic mass is 10.2. The van der Waals surface area contributed by atoms with E-state index in [1.807, 2.05) is 0 Å². The lowest BCUT2D eigenvalue weighted by molar-refractivity contribution is -0.137. The van der Waals surface area contributed by atoms with Crippen LogP contribution in [0.5, 0.6) is 11.6 Å². The molecule has 0 amide bonds. The summed E-state index contributed by atoms with van der Waals surface area (Å²) in [7, 11) is 0. The average molecular weight is 289 g/mol. The molecular weight excluding hydrogens is 281 g/mol. The molecule has 2 rings (SSSR count). The Morgan fingerprint density at radius 1 is 1.16 bits per heavy atom. The topological polar surface area (TPSA) is 48.1 Å². The second-order valence-electron chi connectivity index (χ2n) is 3.67. The number of halogens is 4. The summed E-state index contributed by atoms with van der Waals surface area (Å²) in [6.07, 6.45) is -3.05. The van der Waals surface area contributed by atoms with E-state index in [4.69, 9.17) is 22.1 Å². The third kappa shape index (κ3) is 3.29. The standard InChI is InChI=1S/C12H8ClF3N2O/c13-8-5-10(17)11(18-6-8)19-9-3-1-7(2-4-9)12(14,15)16/h1-6H,17H2. The predicted octanol–water partition coefficient (Wildman–Crippen LogP) is 4.13. The highest BCUT2D eigenvalue weighted by atomic mass is 35.5. The number of nitrogen functional groups attached to an aromatic ring is 1. The fourth-order valence-electron chi connectivity index (χ4n) is 1.35. The Hall–Kier alpha value is -1.95. The van der Waals surface area contributed by atoms with Gasteiger partial charge in [-0.2, -0.15) is 13.2 Å². The highest BCUT2D eigenvalue weighted by Crippen LogP contribution is 2.32. The Morgan fingerprint density at radius 2 is 1.79 bits per heavy atom. The zero-order valence-electron chi connectivity index (χ0n) is 9.41. The van der Waals surface area contributed by atoms with Crippen LogP contribution < -0.4 is 10.5 Å². The Balaban J connectivity index is 2.20. The van der Waals surface area contributed by atoms with Crippen molar-refractivity contribution >= 4 is 17.3 Å². The molecule has 0 atom stereocenters. The summed E-state index contributed by atoms with van der Waals surface area (Å²) in [5, 5.41) is 0.345. The van der Waals surface area contributed by atoms with Crippen molar-refractivity contribution in [2.75, 3.05) is 5.73 Å². The van der Waals surface area contributed by atoms with Gasteiger partial charge in [0, 0.05) is 6.20 Å². The summed E-state index contributed by atoms with van der Waals surface area (Å²) in [4.78, 5) is 3.84. The molecule has 2 N–H and O–H groups in total. The molecule has 0 saturated heterocycles. The number of alkyl halides is 3. The number of anilines is 1. The van der Waals surface area contributed by atoms with Crippen LogP contribution in [0, 0.1) is 0 Å². The van der Waals surface area contributed by atoms with Crippen molar-refractivity contribution in [1.29, 1.82) is 0 Å². The fraction of sp³-hybridized carbons (Fsp3) is 0.0833. The Labute approximate surface area is 111 Å². The lowest BCUT2D eigenvalue weighted by Gasteiger charge is -2.09. The predicted molar refractivity (Wildman–Crippen MR) is 65.2 cm³/mol. The van der Waals surface area contributed by atoms with Crippen LogP contribution in [0.25, 0.3) is 0 Å². The molecule has 7 heteroatoms. The molecule has 0 fully saturated rings. The summed E-state index contributed by atoms with van der Waals surface area (Å²) in [6.45, 7) is 0. The smallest absolute Gasteiger partial charge is 0.416 e. The van der Waals surface area contributed by atoms with Crippen LogP contribution in [0.4, 0.5) is 18.9 Å². The normalized spacial score (nSPS) is 11.4. The Morgan fingerprint density at radius 3 is 2.32 bits per heavy atom. The van der Waals surface area contributed by atoms with E-state index in [2.05, 4.69) is 4.98 Å². The number of rotatable bonds is 2. The summed E-state index contributed by atoms with van der Waals surface area (Å²) in [5.41, 5.74) is 5.06. The maximum Gasteiger partial charge on any atom is 0.416 e. The molecular formula is C12H8ClF3N2O. The van der Waals surface area contributed by atoms with Gasteiger partial charge >= 0.3 is 6.18 Å². The maximum atomic E-state index is 12.4. The van der Waals surface area contributed by atoms with Crippen molar-refractivity contribution in [3.8, 4) is 11.6 Å². The molecule has 0 unspecified atom stereocenters. The van der Waals surface area contributed by atoms with Gasteiger partial charge in [-0.1, -0.05) is 11.6 Å². The molecule has 1 aromatic carbocycles. The van der Waals surface area contributed by atoms with E-state index in [1.54, 1.807) is 0 Å². The molecule has 0 spiro atoms. The zero-order chi connectivity index (χ0) is 14.0. The molecule has 1 heterocycles. The number of hydrogen-bond donors (Lipinski definition) is 1. The molecule has 0 aliphatic rings. The molecule has 0 aliphatic carbocycles. The summed E-state index contributed by atoms with van der Waals surface area (Å²) in [5.74, 6) is 0.290. The maximum absolute atomic E-state index is 12.4. The average Bonchev–Trinajstić information content (AvgIpc) is 2.32. The van der Waals surface area contributed by atoms with Gasteiger partial charge in [-0.25, -0.2) is 4.98 Å². The molecule has 2 aromatic rings. The monoisotopic (exact) mass is 288 g/mol. The number of pyridine rings is 1. The number of nitrogens with zero attached hydrogens (tertiary/aromatic N) is 1. The lowest BCUT2D eigenvalue weighted by Crippen LogP contribution is -2.04. The van der Waals surface area contributed by atoms with Crippen molar-refractivity contribution in [2.24, 2.45) is 0 Å². The van der Waals surface area contributed by atoms with Crippen molar-refractivity contribution in [3.05, 3.63) is 47.1 Å². The molecule has 19 heavy (non-hydrogen) atoms. The van der Waals surface area contributed by atoms with Crippen molar-refractivity contribution in [2.45, 2.75) is 6.18 Å². The summed E-state index contributed by atoms with van der Waals surface area (Å²) < 4.78 is 42.4. The summed E-state index contributed by atoms with van der Waals surface area (Å²) >= 11 is 5.67. The largest absolute Gasteiger partial charge is 0.437 e. The Bertz CT molecular complexity index is 585. The number of hydrogen-bond acceptors (Lipinski definition) is 3. The number of ether oxygens (including phenoxy) is 1. The highest BCUT2D eigenvalue weighted by Gasteiger charge is 2.30. The van der Waals surface area contributed by atoms with Crippen LogP contribution in [0.2, 0.25) is 5.02 Å². The van der Waals surface area contributed by atoms with E-state index >= 15 is 0 Å². The van der Waals surface area contributed by atoms with E-state index in [0.717, 1.165) is 12.1 Å². The first-order chi connectivity index (χ1) is 8.86. The van der Waals surface area contributed by atoms with Gasteiger partial charge in [0.2, 0.25) is 5.88 Å². The van der Waals surface area contributed by atoms with Crippen LogP contribution in [0.3, 0.4) is 0 Å². The highest BCUT2D eigenvalue weighted by molar-refractivity contribution is 6.30. The minimum Gasteiger partial charge on any atom is -0.437 e. The van der Waals surface area contributed by atoms with Gasteiger partial charge in [0.25, 0.3) is 0 Å². The van der Waals surface area contributed by atoms with E-state index in [-0.39, 0.29) is 17.3 Å². The van der Waals surface area contributed by atoms with Gasteiger partial charge in [-0.3, -0.25) is 0 Å². The van der Waals surface area contributed by atoms with E-state index in [0.29, 0.717) is 5.02 Å². The molecule has 3 nitrogen and oxygen atoms in total. The van der Waals surface area contributed by atoms with E-state index in [1.165, 1.54) is 24.4 Å². The minimum atomic E-state index is -4.38. The number of aromatic nitrogens is 1. The second-order valence-corrected chi connectivity index (χ2v) is 4.11. The molecule has 1 aromatic heterocycles. The van der Waals surface area contributed by atoms with E-state index in [9.17, 15) is 13.2 Å². The summed E-state index contributed by atoms with van der Waals surface area (Å²) in [6, 6.07) is 5.66. The quantitative estimate of drug-likeness (QED) is 0.904. The van der Waals surface area contributed by atoms with Crippen molar-refractivity contribution < 1.29 is 17.9 Å². The van der Waals surface area contributed by atoms with Gasteiger partial charge in [-0.15, -0.1) is 0 Å². The van der Waals surface area contributed by atoms with Crippen LogP contribution in [0.1, 0.15) is 5.56 Å². The van der Waals surface area contributed by atoms with Crippen molar-refractivity contribution in [1.82, 2.24) is 4.98 Å². The number of nitrogens with two attached hydrogens (primary N) is 1. The second kappa shape index (κ2) is 4.97. The van der Waals surface area contributed by atoms with Crippen LogP contribution in [-0.4, -0.2) is 4.98 Å². The van der Waals surface area contributed by atoms with Crippen LogP contribution in [-0.2, 0) is 6.18 Å². The van der Waals surface area contributed by atoms with Crippen LogP contribution in [0.15, 0.2) is 36.5 Å². The van der Waals surface area contributed by atoms with E-state index < -0.39 is 11.7 Å². The third-order valence-corrected chi connectivity index (χ3v) is 2.45. The first-order valence-electron chi connectivity index (χ1n) is 5.12. The van der Waals surface area contributed by atoms with Gasteiger partial charge in [0.1, 0.15) is 5.75 Å². The minimum absolute atomic E-state index is 0.0872. The fourth-order valence-corrected chi connectivity index (χ4v) is 1.52. The van der Waals surface area contributed by atoms with Gasteiger partial charge in [0.05, 0.1) is 16.3 Å². The first kappa shape index (κ1) is 13.5. The molecule has 0 radical (unpaired) electrons. The molecule has 100 valence electrons. The zero-order valence-corrected chi connectivity index (χ0v) is 10.2. The SMILES string of the molecule is Nc1cc(Cl)cnc1Oc1ccc(C(F)(F)F)cc1. The van der Waals surface area contributed by atoms with Crippen LogP contribution >= 0.6 is 11.6 Å². The van der Waals surface area contributed by atoms with Gasteiger partial charge < -0.3 is 10.5 Å². The molecule has 0 bridgehead atoms. The molecule has 0 saturated carbocycles.